The molecule has 1 aliphatic rings. The van der Waals surface area contributed by atoms with Gasteiger partial charge in [0.1, 0.15) is 0 Å². The van der Waals surface area contributed by atoms with Gasteiger partial charge < -0.3 is 15.7 Å². The van der Waals surface area contributed by atoms with Crippen LogP contribution in [0.3, 0.4) is 0 Å². The zero-order valence-corrected chi connectivity index (χ0v) is 10.7. The first-order valence-corrected chi connectivity index (χ1v) is 6.55. The van der Waals surface area contributed by atoms with Gasteiger partial charge in [0.25, 0.3) is 0 Å². The second-order valence-corrected chi connectivity index (χ2v) is 4.53. The average Bonchev–Trinajstić information content (AvgIpc) is 2.36. The molecule has 5 nitrogen and oxygen atoms in total. The summed E-state index contributed by atoms with van der Waals surface area (Å²) in [7, 11) is 0. The van der Waals surface area contributed by atoms with Crippen LogP contribution in [0.5, 0.6) is 0 Å². The van der Waals surface area contributed by atoms with Gasteiger partial charge in [-0.05, 0) is 32.1 Å². The van der Waals surface area contributed by atoms with Gasteiger partial charge in [-0.15, -0.1) is 0 Å². The second kappa shape index (κ2) is 8.69. The fraction of sp³-hybridized carbons (Fsp3) is 0.692. The maximum Gasteiger partial charge on any atom is 0.304 e. The summed E-state index contributed by atoms with van der Waals surface area (Å²) in [6.45, 7) is 1.19. The monoisotopic (exact) mass is 254 g/mol. The van der Waals surface area contributed by atoms with Crippen LogP contribution in [-0.2, 0) is 9.59 Å². The molecule has 0 saturated carbocycles. The van der Waals surface area contributed by atoms with Gasteiger partial charge in [-0.1, -0.05) is 11.6 Å². The molecular weight excluding hydrogens is 232 g/mol. The van der Waals surface area contributed by atoms with Crippen LogP contribution >= 0.6 is 0 Å². The Morgan fingerprint density at radius 2 is 2.11 bits per heavy atom. The fourth-order valence-corrected chi connectivity index (χ4v) is 1.95. The Morgan fingerprint density at radius 3 is 2.78 bits per heavy atom. The highest BCUT2D eigenvalue weighted by Crippen LogP contribution is 2.19. The Balaban J connectivity index is 1.99. The molecule has 0 atom stereocenters. The van der Waals surface area contributed by atoms with E-state index in [9.17, 15) is 9.59 Å². The molecule has 5 heteroatoms. The first-order chi connectivity index (χ1) is 8.68. The topological polar surface area (TPSA) is 78.4 Å². The minimum Gasteiger partial charge on any atom is -0.481 e. The van der Waals surface area contributed by atoms with Crippen molar-refractivity contribution in [3.05, 3.63) is 11.6 Å². The molecule has 1 amide bonds. The molecule has 0 heterocycles. The molecule has 102 valence electrons. The zero-order chi connectivity index (χ0) is 13.2. The van der Waals surface area contributed by atoms with E-state index in [4.69, 9.17) is 5.11 Å². The van der Waals surface area contributed by atoms with Crippen LogP contribution in [0.15, 0.2) is 11.6 Å². The Bertz CT molecular complexity index is 313. The summed E-state index contributed by atoms with van der Waals surface area (Å²) in [5, 5.41) is 14.0. The van der Waals surface area contributed by atoms with Crippen LogP contribution < -0.4 is 10.6 Å². The predicted molar refractivity (Wildman–Crippen MR) is 69.3 cm³/mol. The maximum atomic E-state index is 11.4. The summed E-state index contributed by atoms with van der Waals surface area (Å²) < 4.78 is 0. The minimum atomic E-state index is -0.854. The Hall–Kier alpha value is -1.36. The minimum absolute atomic E-state index is 0.0418. The highest BCUT2D eigenvalue weighted by molar-refractivity contribution is 5.78. The first-order valence-electron chi connectivity index (χ1n) is 6.55. The largest absolute Gasteiger partial charge is 0.481 e. The molecule has 0 aromatic heterocycles. The van der Waals surface area contributed by atoms with Crippen LogP contribution in [0.25, 0.3) is 0 Å². The van der Waals surface area contributed by atoms with E-state index < -0.39 is 5.97 Å². The van der Waals surface area contributed by atoms with E-state index in [1.54, 1.807) is 0 Å². The lowest BCUT2D eigenvalue weighted by atomic mass is 9.97. The number of allylic oxidation sites excluding steroid dienone is 1. The second-order valence-electron chi connectivity index (χ2n) is 4.53. The van der Waals surface area contributed by atoms with Crippen LogP contribution in [0.1, 0.15) is 38.5 Å². The third-order valence-corrected chi connectivity index (χ3v) is 2.95. The molecule has 1 aliphatic carbocycles. The van der Waals surface area contributed by atoms with E-state index in [1.165, 1.54) is 24.8 Å². The number of carbonyl (C=O) groups is 2. The quantitative estimate of drug-likeness (QED) is 0.447. The number of aliphatic carboxylic acids is 1. The lowest BCUT2D eigenvalue weighted by molar-refractivity contribution is -0.137. The van der Waals surface area contributed by atoms with E-state index in [2.05, 4.69) is 16.7 Å². The molecular formula is C13H22N2O3. The molecule has 0 saturated heterocycles. The summed E-state index contributed by atoms with van der Waals surface area (Å²) in [6, 6.07) is 0. The molecule has 0 aromatic carbocycles. The molecule has 0 unspecified atom stereocenters. The maximum absolute atomic E-state index is 11.4. The first kappa shape index (κ1) is 14.7. The third-order valence-electron chi connectivity index (χ3n) is 2.95. The van der Waals surface area contributed by atoms with Gasteiger partial charge >= 0.3 is 5.97 Å². The van der Waals surface area contributed by atoms with Gasteiger partial charge in [0.05, 0.1) is 13.0 Å². The van der Waals surface area contributed by atoms with Gasteiger partial charge in [0.15, 0.2) is 0 Å². The number of carboxylic acid groups (broad SMARTS) is 1. The van der Waals surface area contributed by atoms with Crippen molar-refractivity contribution in [3.8, 4) is 0 Å². The Labute approximate surface area is 108 Å². The van der Waals surface area contributed by atoms with E-state index in [0.717, 1.165) is 12.8 Å². The molecule has 1 rings (SSSR count). The smallest absolute Gasteiger partial charge is 0.304 e. The Morgan fingerprint density at radius 1 is 1.28 bits per heavy atom. The molecule has 0 radical (unpaired) electrons. The van der Waals surface area contributed by atoms with Crippen molar-refractivity contribution in [1.29, 1.82) is 0 Å². The molecule has 0 fully saturated rings. The van der Waals surface area contributed by atoms with Gasteiger partial charge in [-0.2, -0.15) is 0 Å². The lowest BCUT2D eigenvalue weighted by Gasteiger charge is -2.13. The molecule has 0 aromatic rings. The number of rotatable bonds is 8. The standard InChI is InChI=1S/C13H22N2O3/c16-12(10-14-8-7-13(17)18)15-9-6-11-4-2-1-3-5-11/h4,14H,1-3,5-10H2,(H,15,16)(H,17,18). The van der Waals surface area contributed by atoms with E-state index in [-0.39, 0.29) is 18.9 Å². The van der Waals surface area contributed by atoms with Crippen molar-refractivity contribution in [2.45, 2.75) is 38.5 Å². The lowest BCUT2D eigenvalue weighted by Crippen LogP contribution is -2.35. The number of hydrogen-bond acceptors (Lipinski definition) is 3. The summed E-state index contributed by atoms with van der Waals surface area (Å²) in [5.74, 6) is -0.927. The van der Waals surface area contributed by atoms with Crippen LogP contribution in [0, 0.1) is 0 Å². The van der Waals surface area contributed by atoms with Gasteiger partial charge in [0.2, 0.25) is 5.91 Å². The SMILES string of the molecule is O=C(O)CCNCC(=O)NCCC1=CCCCC1. The van der Waals surface area contributed by atoms with Crippen molar-refractivity contribution in [2.24, 2.45) is 0 Å². The summed E-state index contributed by atoms with van der Waals surface area (Å²) in [4.78, 5) is 21.6. The van der Waals surface area contributed by atoms with E-state index in [1.807, 2.05) is 0 Å². The van der Waals surface area contributed by atoms with Crippen molar-refractivity contribution < 1.29 is 14.7 Å². The van der Waals surface area contributed by atoms with Gasteiger partial charge in [-0.3, -0.25) is 9.59 Å². The Kier molecular flexibility index (Phi) is 7.10. The fourth-order valence-electron chi connectivity index (χ4n) is 1.95. The van der Waals surface area contributed by atoms with Gasteiger partial charge in [-0.25, -0.2) is 0 Å². The summed E-state index contributed by atoms with van der Waals surface area (Å²) in [5.41, 5.74) is 1.44. The highest BCUT2D eigenvalue weighted by atomic mass is 16.4. The molecule has 0 aliphatic heterocycles. The predicted octanol–water partition coefficient (Wildman–Crippen LogP) is 1.06. The van der Waals surface area contributed by atoms with Crippen molar-refractivity contribution in [2.75, 3.05) is 19.6 Å². The molecule has 0 spiro atoms. The number of amides is 1. The zero-order valence-electron chi connectivity index (χ0n) is 10.7. The number of carboxylic acids is 1. The normalized spacial score (nSPS) is 15.0. The number of hydrogen-bond donors (Lipinski definition) is 3. The number of carbonyl (C=O) groups excluding carboxylic acids is 1. The highest BCUT2D eigenvalue weighted by Gasteiger charge is 2.05. The van der Waals surface area contributed by atoms with Crippen LogP contribution in [-0.4, -0.2) is 36.6 Å². The van der Waals surface area contributed by atoms with Crippen LogP contribution in [0.4, 0.5) is 0 Å². The van der Waals surface area contributed by atoms with Gasteiger partial charge in [0, 0.05) is 13.1 Å². The molecule has 18 heavy (non-hydrogen) atoms. The summed E-state index contributed by atoms with van der Waals surface area (Å²) in [6.07, 6.45) is 8.12. The van der Waals surface area contributed by atoms with E-state index >= 15 is 0 Å². The van der Waals surface area contributed by atoms with Crippen LogP contribution in [0.2, 0.25) is 0 Å². The van der Waals surface area contributed by atoms with Crippen molar-refractivity contribution >= 4 is 11.9 Å². The number of nitrogens with one attached hydrogen (secondary N) is 2. The average molecular weight is 254 g/mol. The van der Waals surface area contributed by atoms with Crippen molar-refractivity contribution in [3.63, 3.8) is 0 Å². The molecule has 3 N–H and O–H groups in total. The van der Waals surface area contributed by atoms with Crippen molar-refractivity contribution in [1.82, 2.24) is 10.6 Å². The summed E-state index contributed by atoms with van der Waals surface area (Å²) >= 11 is 0. The third kappa shape index (κ3) is 7.06. The molecule has 0 bridgehead atoms. The van der Waals surface area contributed by atoms with E-state index in [0.29, 0.717) is 13.1 Å².